The molecule has 0 spiro atoms. The summed E-state index contributed by atoms with van der Waals surface area (Å²) in [6, 6.07) is 23.8. The van der Waals surface area contributed by atoms with Gasteiger partial charge in [-0.2, -0.15) is 4.99 Å². The smallest absolute Gasteiger partial charge is 0.260 e. The predicted octanol–water partition coefficient (Wildman–Crippen LogP) is 5.21. The van der Waals surface area contributed by atoms with Crippen LogP contribution in [-0.4, -0.2) is 10.5 Å². The first-order valence-electron chi connectivity index (χ1n) is 9.81. The number of nitrogens with zero attached hydrogens (tertiary/aromatic N) is 2. The van der Waals surface area contributed by atoms with Crippen LogP contribution in [0.5, 0.6) is 0 Å². The molecule has 0 aliphatic carbocycles. The highest BCUT2D eigenvalue weighted by molar-refractivity contribution is 7.16. The van der Waals surface area contributed by atoms with Crippen molar-refractivity contribution in [3.05, 3.63) is 99.9 Å². The molecule has 0 aliphatic rings. The summed E-state index contributed by atoms with van der Waals surface area (Å²) in [6.45, 7) is 4.54. The van der Waals surface area contributed by atoms with Gasteiger partial charge < -0.3 is 4.57 Å². The monoisotopic (exact) mass is 410 g/mol. The van der Waals surface area contributed by atoms with Crippen molar-refractivity contribution in [3.8, 4) is 12.3 Å². The van der Waals surface area contributed by atoms with Crippen LogP contribution < -0.4 is 4.80 Å². The Morgan fingerprint density at radius 1 is 1.00 bits per heavy atom. The van der Waals surface area contributed by atoms with E-state index in [9.17, 15) is 4.79 Å². The van der Waals surface area contributed by atoms with E-state index in [1.54, 1.807) is 0 Å². The van der Waals surface area contributed by atoms with Crippen molar-refractivity contribution >= 4 is 27.5 Å². The first kappa shape index (κ1) is 19.9. The van der Waals surface area contributed by atoms with Gasteiger partial charge in [0.05, 0.1) is 22.7 Å². The molecule has 1 aromatic heterocycles. The molecule has 148 valence electrons. The van der Waals surface area contributed by atoms with E-state index in [-0.39, 0.29) is 5.91 Å². The fourth-order valence-corrected chi connectivity index (χ4v) is 4.69. The van der Waals surface area contributed by atoms with Crippen LogP contribution in [0.25, 0.3) is 10.2 Å². The number of aryl methyl sites for hydroxylation is 2. The lowest BCUT2D eigenvalue weighted by molar-refractivity contribution is -0.118. The van der Waals surface area contributed by atoms with E-state index in [1.807, 2.05) is 65.2 Å². The highest BCUT2D eigenvalue weighted by atomic mass is 32.1. The third kappa shape index (κ3) is 3.85. The molecule has 4 rings (SSSR count). The molecule has 1 heterocycles. The van der Waals surface area contributed by atoms with E-state index in [0.717, 1.165) is 21.3 Å². The zero-order valence-corrected chi connectivity index (χ0v) is 17.8. The second-order valence-electron chi connectivity index (χ2n) is 7.28. The van der Waals surface area contributed by atoms with Gasteiger partial charge in [0.2, 0.25) is 0 Å². The number of aromatic nitrogens is 1. The van der Waals surface area contributed by atoms with Crippen LogP contribution in [0.2, 0.25) is 0 Å². The van der Waals surface area contributed by atoms with E-state index in [4.69, 9.17) is 6.42 Å². The van der Waals surface area contributed by atoms with Crippen molar-refractivity contribution in [1.29, 1.82) is 0 Å². The second-order valence-corrected chi connectivity index (χ2v) is 8.29. The fourth-order valence-electron chi connectivity index (χ4n) is 3.58. The molecule has 30 heavy (non-hydrogen) atoms. The van der Waals surface area contributed by atoms with Gasteiger partial charge in [0.1, 0.15) is 0 Å². The molecule has 0 saturated heterocycles. The molecule has 4 aromatic rings. The average molecular weight is 411 g/mol. The average Bonchev–Trinajstić information content (AvgIpc) is 3.06. The number of rotatable bonds is 4. The number of hydrogen-bond donors (Lipinski definition) is 0. The van der Waals surface area contributed by atoms with Gasteiger partial charge in [-0.3, -0.25) is 4.79 Å². The molecule has 0 atom stereocenters. The highest BCUT2D eigenvalue weighted by Gasteiger charge is 2.22. The highest BCUT2D eigenvalue weighted by Crippen LogP contribution is 2.26. The standard InChI is InChI=1S/C26H22N2OS/c1-4-15-28-22-16-18(2)19(3)17-23(22)30-26(28)27-25(29)24(20-11-7-5-8-12-20)21-13-9-6-10-14-21/h1,5-14,16-17,24H,15H2,2-3H3. The molecule has 0 unspecified atom stereocenters. The molecule has 0 bridgehead atoms. The Morgan fingerprint density at radius 2 is 1.57 bits per heavy atom. The topological polar surface area (TPSA) is 34.4 Å². The largest absolute Gasteiger partial charge is 0.305 e. The minimum Gasteiger partial charge on any atom is -0.305 e. The quantitative estimate of drug-likeness (QED) is 0.425. The minimum atomic E-state index is -0.458. The first-order valence-corrected chi connectivity index (χ1v) is 10.6. The third-order valence-corrected chi connectivity index (χ3v) is 6.31. The summed E-state index contributed by atoms with van der Waals surface area (Å²) in [7, 11) is 0. The van der Waals surface area contributed by atoms with Crippen LogP contribution in [0, 0.1) is 26.2 Å². The van der Waals surface area contributed by atoms with Gasteiger partial charge in [-0.25, -0.2) is 0 Å². The Balaban J connectivity index is 1.88. The van der Waals surface area contributed by atoms with Crippen LogP contribution in [0.4, 0.5) is 0 Å². The lowest BCUT2D eigenvalue weighted by Crippen LogP contribution is -2.20. The van der Waals surface area contributed by atoms with Crippen LogP contribution in [0.1, 0.15) is 28.2 Å². The molecule has 0 fully saturated rings. The van der Waals surface area contributed by atoms with Gasteiger partial charge in [-0.15, -0.1) is 6.42 Å². The zero-order valence-electron chi connectivity index (χ0n) is 17.0. The van der Waals surface area contributed by atoms with Gasteiger partial charge >= 0.3 is 0 Å². The maximum absolute atomic E-state index is 13.5. The molecule has 4 heteroatoms. The molecule has 3 nitrogen and oxygen atoms in total. The first-order chi connectivity index (χ1) is 14.6. The Morgan fingerprint density at radius 3 is 2.13 bits per heavy atom. The Bertz CT molecular complexity index is 1270. The molecule has 0 N–H and O–H groups in total. The SMILES string of the molecule is C#CCn1c(=NC(=O)C(c2ccccc2)c2ccccc2)sc2cc(C)c(C)cc21. The van der Waals surface area contributed by atoms with Gasteiger partial charge in [0.15, 0.2) is 4.80 Å². The summed E-state index contributed by atoms with van der Waals surface area (Å²) in [6.07, 6.45) is 5.63. The Labute approximate surface area is 180 Å². The molecular weight excluding hydrogens is 388 g/mol. The van der Waals surface area contributed by atoms with Crippen LogP contribution >= 0.6 is 11.3 Å². The molecule has 0 radical (unpaired) electrons. The van der Waals surface area contributed by atoms with Crippen molar-refractivity contribution in [3.63, 3.8) is 0 Å². The van der Waals surface area contributed by atoms with E-state index >= 15 is 0 Å². The summed E-state index contributed by atoms with van der Waals surface area (Å²) >= 11 is 1.50. The Kier molecular flexibility index (Phi) is 5.65. The maximum atomic E-state index is 13.5. The number of fused-ring (bicyclic) bond motifs is 1. The summed E-state index contributed by atoms with van der Waals surface area (Å²) in [5.41, 5.74) is 5.27. The van der Waals surface area contributed by atoms with Crippen molar-refractivity contribution in [1.82, 2.24) is 4.57 Å². The van der Waals surface area contributed by atoms with Gasteiger partial charge in [0, 0.05) is 0 Å². The molecule has 1 amide bonds. The van der Waals surface area contributed by atoms with Gasteiger partial charge in [-0.1, -0.05) is 77.9 Å². The number of terminal acetylenes is 1. The van der Waals surface area contributed by atoms with Crippen LogP contribution in [0.3, 0.4) is 0 Å². The normalized spacial score (nSPS) is 11.7. The summed E-state index contributed by atoms with van der Waals surface area (Å²) in [4.78, 5) is 18.7. The third-order valence-electron chi connectivity index (χ3n) is 5.27. The number of carbonyl (C=O) groups is 1. The predicted molar refractivity (Wildman–Crippen MR) is 123 cm³/mol. The summed E-state index contributed by atoms with van der Waals surface area (Å²) in [5.74, 6) is 2.05. The van der Waals surface area contributed by atoms with Gasteiger partial charge in [0.25, 0.3) is 5.91 Å². The van der Waals surface area contributed by atoms with Crippen molar-refractivity contribution < 1.29 is 4.79 Å². The maximum Gasteiger partial charge on any atom is 0.260 e. The van der Waals surface area contributed by atoms with Crippen molar-refractivity contribution in [2.75, 3.05) is 0 Å². The number of hydrogen-bond acceptors (Lipinski definition) is 2. The summed E-state index contributed by atoms with van der Waals surface area (Å²) < 4.78 is 3.04. The Hall–Kier alpha value is -3.42. The molecule has 0 saturated carbocycles. The number of thiazole rings is 1. The van der Waals surface area contributed by atoms with Crippen LogP contribution in [0.15, 0.2) is 77.8 Å². The van der Waals surface area contributed by atoms with Gasteiger partial charge in [-0.05, 0) is 48.2 Å². The fraction of sp³-hybridized carbons (Fsp3) is 0.154. The van der Waals surface area contributed by atoms with Crippen LogP contribution in [-0.2, 0) is 11.3 Å². The van der Waals surface area contributed by atoms with E-state index in [0.29, 0.717) is 11.3 Å². The lowest BCUT2D eigenvalue weighted by Gasteiger charge is -2.14. The van der Waals surface area contributed by atoms with E-state index < -0.39 is 5.92 Å². The lowest BCUT2D eigenvalue weighted by atomic mass is 9.91. The number of amides is 1. The summed E-state index contributed by atoms with van der Waals surface area (Å²) in [5, 5.41) is 0. The number of benzene rings is 3. The molecule has 0 aliphatic heterocycles. The minimum absolute atomic E-state index is 0.196. The second kappa shape index (κ2) is 8.52. The molecular formula is C26H22N2OS. The van der Waals surface area contributed by atoms with E-state index in [2.05, 4.69) is 36.9 Å². The van der Waals surface area contributed by atoms with E-state index in [1.165, 1.54) is 22.5 Å². The van der Waals surface area contributed by atoms with Crippen molar-refractivity contribution in [2.45, 2.75) is 26.3 Å². The zero-order chi connectivity index (χ0) is 21.1. The number of carbonyl (C=O) groups excluding carboxylic acids is 1. The molecule has 3 aromatic carbocycles. The van der Waals surface area contributed by atoms with Crippen molar-refractivity contribution in [2.24, 2.45) is 4.99 Å².